The molecular weight excluding hydrogens is 286 g/mol. The van der Waals surface area contributed by atoms with Gasteiger partial charge in [0.15, 0.2) is 0 Å². The number of nitrogens with one attached hydrogen (secondary N) is 1. The predicted molar refractivity (Wildman–Crippen MR) is 79.5 cm³/mol. The van der Waals surface area contributed by atoms with Gasteiger partial charge in [-0.25, -0.2) is 12.6 Å². The fourth-order valence-electron chi connectivity index (χ4n) is 1.93. The SMILES string of the molecule is CCCCCCCCCCCCS(=O)(=O)NS(=O)O. The Bertz CT molecular complexity index is 331. The Morgan fingerprint density at radius 1 is 0.895 bits per heavy atom. The van der Waals surface area contributed by atoms with Crippen molar-refractivity contribution >= 4 is 21.3 Å². The Morgan fingerprint density at radius 3 is 1.74 bits per heavy atom. The second-order valence-electron chi connectivity index (χ2n) is 4.83. The molecule has 2 N–H and O–H groups in total. The molecular formula is C12H27NO4S2. The molecule has 0 spiro atoms. The van der Waals surface area contributed by atoms with Gasteiger partial charge in [0.1, 0.15) is 0 Å². The average Bonchev–Trinajstić information content (AvgIpc) is 2.30. The molecule has 1 atom stereocenters. The lowest BCUT2D eigenvalue weighted by atomic mass is 10.1. The van der Waals surface area contributed by atoms with Crippen molar-refractivity contribution in [1.82, 2.24) is 4.13 Å². The van der Waals surface area contributed by atoms with Gasteiger partial charge < -0.3 is 0 Å². The highest BCUT2D eigenvalue weighted by atomic mass is 32.3. The van der Waals surface area contributed by atoms with E-state index in [2.05, 4.69) is 6.92 Å². The van der Waals surface area contributed by atoms with Gasteiger partial charge in [0, 0.05) is 0 Å². The van der Waals surface area contributed by atoms with Crippen LogP contribution in [-0.4, -0.2) is 22.9 Å². The molecule has 5 nitrogen and oxygen atoms in total. The smallest absolute Gasteiger partial charge is 0.245 e. The van der Waals surface area contributed by atoms with Crippen molar-refractivity contribution in [3.63, 3.8) is 0 Å². The first-order chi connectivity index (χ1) is 8.98. The molecule has 0 aromatic rings. The van der Waals surface area contributed by atoms with Crippen LogP contribution in [0.1, 0.15) is 71.1 Å². The molecule has 1 unspecified atom stereocenters. The van der Waals surface area contributed by atoms with Crippen LogP contribution in [0, 0.1) is 0 Å². The first kappa shape index (κ1) is 19.0. The molecule has 0 saturated heterocycles. The lowest BCUT2D eigenvalue weighted by molar-refractivity contribution is 0.548. The number of hydrogen-bond acceptors (Lipinski definition) is 3. The molecule has 0 heterocycles. The predicted octanol–water partition coefficient (Wildman–Crippen LogP) is 2.96. The maximum absolute atomic E-state index is 11.2. The van der Waals surface area contributed by atoms with Crippen molar-refractivity contribution in [3.8, 4) is 0 Å². The normalized spacial score (nSPS) is 13.6. The molecule has 0 rings (SSSR count). The Labute approximate surface area is 120 Å². The standard InChI is InChI=1S/C12H27NO4S2/c1-2-3-4-5-6-7-8-9-10-11-12-19(16,17)13-18(14)15/h13H,2-12H2,1H3,(H,14,15). The van der Waals surface area contributed by atoms with Crippen molar-refractivity contribution in [2.45, 2.75) is 71.1 Å². The fraction of sp³-hybridized carbons (Fsp3) is 1.00. The van der Waals surface area contributed by atoms with E-state index in [1.54, 1.807) is 4.13 Å². The fourth-order valence-corrected chi connectivity index (χ4v) is 3.72. The summed E-state index contributed by atoms with van der Waals surface area (Å²) < 4.78 is 42.8. The van der Waals surface area contributed by atoms with E-state index in [4.69, 9.17) is 4.55 Å². The van der Waals surface area contributed by atoms with E-state index in [-0.39, 0.29) is 5.75 Å². The molecule has 7 heteroatoms. The first-order valence-electron chi connectivity index (χ1n) is 7.09. The van der Waals surface area contributed by atoms with Crippen LogP contribution in [0.15, 0.2) is 0 Å². The monoisotopic (exact) mass is 313 g/mol. The highest BCUT2D eigenvalue weighted by Gasteiger charge is 2.11. The topological polar surface area (TPSA) is 83.5 Å². The Kier molecular flexibility index (Phi) is 11.8. The third-order valence-electron chi connectivity index (χ3n) is 2.96. The summed E-state index contributed by atoms with van der Waals surface area (Å²) in [5, 5.41) is 0. The van der Waals surface area contributed by atoms with Crippen molar-refractivity contribution in [2.24, 2.45) is 0 Å². The number of sulfonamides is 1. The number of hydrogen-bond donors (Lipinski definition) is 2. The summed E-state index contributed by atoms with van der Waals surface area (Å²) in [5.41, 5.74) is 0. The van der Waals surface area contributed by atoms with Gasteiger partial charge in [0.05, 0.1) is 5.75 Å². The molecule has 19 heavy (non-hydrogen) atoms. The third kappa shape index (κ3) is 14.2. The maximum Gasteiger partial charge on any atom is 0.245 e. The minimum atomic E-state index is -3.59. The Morgan fingerprint density at radius 2 is 1.32 bits per heavy atom. The molecule has 0 aliphatic heterocycles. The van der Waals surface area contributed by atoms with Gasteiger partial charge in [-0.05, 0) is 6.42 Å². The van der Waals surface area contributed by atoms with Crippen LogP contribution in [0.2, 0.25) is 0 Å². The van der Waals surface area contributed by atoms with Crippen molar-refractivity contribution < 1.29 is 17.2 Å². The summed E-state index contributed by atoms with van der Waals surface area (Å²) in [6, 6.07) is 0. The van der Waals surface area contributed by atoms with Gasteiger partial charge in [0.25, 0.3) is 0 Å². The summed E-state index contributed by atoms with van der Waals surface area (Å²) in [6.45, 7) is 2.20. The summed E-state index contributed by atoms with van der Waals surface area (Å²) in [7, 11) is -3.59. The van der Waals surface area contributed by atoms with E-state index in [1.807, 2.05) is 0 Å². The van der Waals surface area contributed by atoms with E-state index < -0.39 is 21.3 Å². The van der Waals surface area contributed by atoms with E-state index >= 15 is 0 Å². The molecule has 0 saturated carbocycles. The Hall–Kier alpha value is 0.0200. The van der Waals surface area contributed by atoms with Crippen molar-refractivity contribution in [1.29, 1.82) is 0 Å². The first-order valence-corrected chi connectivity index (χ1v) is 9.85. The molecule has 0 amide bonds. The summed E-state index contributed by atoms with van der Waals surface area (Å²) >= 11 is -2.49. The minimum Gasteiger partial charge on any atom is -0.293 e. The van der Waals surface area contributed by atoms with Gasteiger partial charge in [-0.1, -0.05) is 64.7 Å². The van der Waals surface area contributed by atoms with Gasteiger partial charge in [-0.3, -0.25) is 4.55 Å². The molecule has 0 aromatic carbocycles. The largest absolute Gasteiger partial charge is 0.293 e. The van der Waals surface area contributed by atoms with E-state index in [0.717, 1.165) is 19.3 Å². The summed E-state index contributed by atoms with van der Waals surface area (Å²) in [6.07, 6.45) is 11.3. The maximum atomic E-state index is 11.2. The van der Waals surface area contributed by atoms with Crippen LogP contribution in [-0.2, 0) is 21.3 Å². The molecule has 0 bridgehead atoms. The van der Waals surface area contributed by atoms with Crippen LogP contribution >= 0.6 is 0 Å². The zero-order valence-corrected chi connectivity index (χ0v) is 13.4. The molecule has 0 aliphatic carbocycles. The number of rotatable bonds is 13. The summed E-state index contributed by atoms with van der Waals surface area (Å²) in [4.78, 5) is 0. The van der Waals surface area contributed by atoms with Crippen molar-refractivity contribution in [2.75, 3.05) is 5.75 Å². The molecule has 0 aromatic heterocycles. The molecule has 0 fully saturated rings. The van der Waals surface area contributed by atoms with Crippen LogP contribution in [0.5, 0.6) is 0 Å². The van der Waals surface area contributed by atoms with E-state index in [0.29, 0.717) is 6.42 Å². The minimum absolute atomic E-state index is 0.0736. The van der Waals surface area contributed by atoms with Crippen LogP contribution in [0.25, 0.3) is 0 Å². The van der Waals surface area contributed by atoms with Gasteiger partial charge in [-0.15, -0.1) is 4.13 Å². The summed E-state index contributed by atoms with van der Waals surface area (Å²) in [5.74, 6) is -0.0736. The lowest BCUT2D eigenvalue weighted by Gasteiger charge is -2.03. The zero-order valence-electron chi connectivity index (χ0n) is 11.8. The van der Waals surface area contributed by atoms with Crippen LogP contribution < -0.4 is 4.13 Å². The van der Waals surface area contributed by atoms with E-state index in [9.17, 15) is 12.6 Å². The van der Waals surface area contributed by atoms with E-state index in [1.165, 1.54) is 38.5 Å². The van der Waals surface area contributed by atoms with Crippen molar-refractivity contribution in [3.05, 3.63) is 0 Å². The van der Waals surface area contributed by atoms with Gasteiger partial charge in [-0.2, -0.15) is 0 Å². The Balaban J connectivity index is 3.34. The highest BCUT2D eigenvalue weighted by molar-refractivity contribution is 7.99. The van der Waals surface area contributed by atoms with Gasteiger partial charge in [0.2, 0.25) is 21.3 Å². The van der Waals surface area contributed by atoms with Gasteiger partial charge >= 0.3 is 0 Å². The highest BCUT2D eigenvalue weighted by Crippen LogP contribution is 2.10. The quantitative estimate of drug-likeness (QED) is 0.404. The van der Waals surface area contributed by atoms with Crippen LogP contribution in [0.4, 0.5) is 0 Å². The lowest BCUT2D eigenvalue weighted by Crippen LogP contribution is -2.27. The molecule has 0 radical (unpaired) electrons. The van der Waals surface area contributed by atoms with Crippen LogP contribution in [0.3, 0.4) is 0 Å². The third-order valence-corrected chi connectivity index (χ3v) is 5.38. The second-order valence-corrected chi connectivity index (χ2v) is 7.64. The number of unbranched alkanes of at least 4 members (excludes halogenated alkanes) is 9. The molecule has 116 valence electrons. The average molecular weight is 313 g/mol. The second kappa shape index (κ2) is 11.8. The zero-order chi connectivity index (χ0) is 14.6. The molecule has 0 aliphatic rings.